The average molecular weight is 369 g/mol. The number of sulfone groups is 1. The highest BCUT2D eigenvalue weighted by Crippen LogP contribution is 2.28. The predicted octanol–water partition coefficient (Wildman–Crippen LogP) is 2.93. The molecule has 5 nitrogen and oxygen atoms in total. The van der Waals surface area contributed by atoms with Gasteiger partial charge in [-0.25, -0.2) is 8.42 Å². The van der Waals surface area contributed by atoms with Crippen LogP contribution in [0.2, 0.25) is 0 Å². The Hall–Kier alpha value is -1.86. The quantitative estimate of drug-likeness (QED) is 0.640. The van der Waals surface area contributed by atoms with Crippen molar-refractivity contribution in [2.45, 2.75) is 4.90 Å². The van der Waals surface area contributed by atoms with Gasteiger partial charge in [0.15, 0.2) is 9.84 Å². The van der Waals surface area contributed by atoms with Crippen molar-refractivity contribution in [3.05, 3.63) is 52.5 Å². The summed E-state index contributed by atoms with van der Waals surface area (Å²) in [4.78, 5) is 0.194. The first-order chi connectivity index (χ1) is 9.77. The number of nitrogens with one attached hydrogen (secondary N) is 1. The van der Waals surface area contributed by atoms with Gasteiger partial charge in [0, 0.05) is 16.3 Å². The van der Waals surface area contributed by atoms with Crippen molar-refractivity contribution in [2.24, 2.45) is 5.73 Å². The molecule has 0 saturated heterocycles. The van der Waals surface area contributed by atoms with Gasteiger partial charge in [0.05, 0.1) is 4.90 Å². The van der Waals surface area contributed by atoms with Gasteiger partial charge in [0.1, 0.15) is 17.3 Å². The monoisotopic (exact) mass is 368 g/mol. The first kappa shape index (κ1) is 15.5. The molecule has 0 aliphatic heterocycles. The molecule has 0 aliphatic carbocycles. The van der Waals surface area contributed by atoms with Crippen LogP contribution in [0.15, 0.2) is 51.8 Å². The highest BCUT2D eigenvalue weighted by Gasteiger charge is 2.09. The van der Waals surface area contributed by atoms with E-state index in [1.54, 1.807) is 30.3 Å². The number of nitrogen functional groups attached to an aromatic ring is 1. The Morgan fingerprint density at radius 2 is 1.86 bits per heavy atom. The van der Waals surface area contributed by atoms with E-state index < -0.39 is 9.84 Å². The number of hydrogen-bond acceptors (Lipinski definition) is 4. The first-order valence-corrected chi connectivity index (χ1v) is 8.58. The lowest BCUT2D eigenvalue weighted by atomic mass is 10.2. The zero-order chi connectivity index (χ0) is 15.6. The summed E-state index contributed by atoms with van der Waals surface area (Å²) in [6, 6.07) is 11.2. The molecule has 0 atom stereocenters. The fraction of sp³-hybridized carbons (Fsp3) is 0.0714. The van der Waals surface area contributed by atoms with E-state index in [4.69, 9.17) is 15.9 Å². The Kier molecular flexibility index (Phi) is 4.34. The lowest BCUT2D eigenvalue weighted by Crippen LogP contribution is -2.11. The van der Waals surface area contributed by atoms with Crippen LogP contribution in [0.1, 0.15) is 5.56 Å². The zero-order valence-electron chi connectivity index (χ0n) is 11.1. The molecule has 2 aromatic rings. The normalized spacial score (nSPS) is 11.1. The van der Waals surface area contributed by atoms with Crippen molar-refractivity contribution < 1.29 is 13.2 Å². The number of amidine groups is 1. The molecule has 0 aromatic heterocycles. The van der Waals surface area contributed by atoms with Crippen LogP contribution >= 0.6 is 15.9 Å². The third-order valence-electron chi connectivity index (χ3n) is 2.70. The molecule has 0 radical (unpaired) electrons. The molecule has 0 amide bonds. The van der Waals surface area contributed by atoms with Gasteiger partial charge in [-0.05, 0) is 52.3 Å². The van der Waals surface area contributed by atoms with Crippen molar-refractivity contribution in [1.29, 1.82) is 5.41 Å². The van der Waals surface area contributed by atoms with E-state index in [9.17, 15) is 8.42 Å². The highest BCUT2D eigenvalue weighted by atomic mass is 79.9. The second-order valence-corrected chi connectivity index (χ2v) is 7.27. The van der Waals surface area contributed by atoms with Gasteiger partial charge in [0.2, 0.25) is 0 Å². The summed E-state index contributed by atoms with van der Waals surface area (Å²) >= 11 is 3.31. The second-order valence-electron chi connectivity index (χ2n) is 4.40. The maximum absolute atomic E-state index is 11.5. The maximum atomic E-state index is 11.5. The van der Waals surface area contributed by atoms with Gasteiger partial charge in [-0.1, -0.05) is 6.07 Å². The summed E-state index contributed by atoms with van der Waals surface area (Å²) in [7, 11) is -3.28. The van der Waals surface area contributed by atoms with Crippen LogP contribution in [0.5, 0.6) is 11.5 Å². The Labute approximate surface area is 131 Å². The molecule has 0 spiro atoms. The number of rotatable bonds is 4. The lowest BCUT2D eigenvalue weighted by molar-refractivity contribution is 0.480. The number of benzene rings is 2. The molecule has 0 bridgehead atoms. The third-order valence-corrected chi connectivity index (χ3v) is 4.47. The van der Waals surface area contributed by atoms with Crippen LogP contribution in [0.4, 0.5) is 0 Å². The summed E-state index contributed by atoms with van der Waals surface area (Å²) in [5.74, 6) is 0.880. The van der Waals surface area contributed by atoms with Gasteiger partial charge >= 0.3 is 0 Å². The molecule has 3 N–H and O–H groups in total. The first-order valence-electron chi connectivity index (χ1n) is 5.89. The Morgan fingerprint density at radius 3 is 2.43 bits per heavy atom. The van der Waals surface area contributed by atoms with E-state index in [1.807, 2.05) is 0 Å². The molecule has 0 unspecified atom stereocenters. The number of halogens is 1. The Balaban J connectivity index is 2.31. The van der Waals surface area contributed by atoms with Gasteiger partial charge in [-0.3, -0.25) is 5.41 Å². The van der Waals surface area contributed by atoms with Crippen LogP contribution in [0.3, 0.4) is 0 Å². The Bertz CT molecular complexity index is 804. The van der Waals surface area contributed by atoms with Crippen molar-refractivity contribution in [3.8, 4) is 11.5 Å². The average Bonchev–Trinajstić information content (AvgIpc) is 2.37. The van der Waals surface area contributed by atoms with Crippen LogP contribution in [-0.4, -0.2) is 20.5 Å². The molecule has 0 fully saturated rings. The minimum atomic E-state index is -3.28. The van der Waals surface area contributed by atoms with Gasteiger partial charge in [-0.15, -0.1) is 0 Å². The van der Waals surface area contributed by atoms with Gasteiger partial charge in [-0.2, -0.15) is 0 Å². The van der Waals surface area contributed by atoms with Crippen molar-refractivity contribution in [2.75, 3.05) is 6.26 Å². The fourth-order valence-corrected chi connectivity index (χ4v) is 2.91. The molecule has 2 rings (SSSR count). The van der Waals surface area contributed by atoms with E-state index in [1.165, 1.54) is 12.1 Å². The molecule has 0 saturated carbocycles. The minimum Gasteiger partial charge on any atom is -0.457 e. The molecule has 110 valence electrons. The molecule has 21 heavy (non-hydrogen) atoms. The number of ether oxygens (including phenoxy) is 1. The number of nitrogens with two attached hydrogens (primary N) is 1. The third kappa shape index (κ3) is 3.83. The van der Waals surface area contributed by atoms with Crippen LogP contribution in [0.25, 0.3) is 0 Å². The second kappa shape index (κ2) is 5.87. The lowest BCUT2D eigenvalue weighted by Gasteiger charge is -2.09. The summed E-state index contributed by atoms with van der Waals surface area (Å²) in [5, 5.41) is 7.40. The van der Waals surface area contributed by atoms with Crippen LogP contribution in [0, 0.1) is 5.41 Å². The summed E-state index contributed by atoms with van der Waals surface area (Å²) in [5.41, 5.74) is 5.99. The van der Waals surface area contributed by atoms with E-state index >= 15 is 0 Å². The van der Waals surface area contributed by atoms with Gasteiger partial charge < -0.3 is 10.5 Å². The van der Waals surface area contributed by atoms with Crippen molar-refractivity contribution in [3.63, 3.8) is 0 Å². The standard InChI is InChI=1S/C14H13BrN2O3S/c1-21(18,19)11-4-2-3-9(7-11)20-10-5-6-12(14(16)17)13(15)8-10/h2-8H,1H3,(H3,16,17). The molecule has 7 heteroatoms. The molecular formula is C14H13BrN2O3S. The van der Waals surface area contributed by atoms with Gasteiger partial charge in [0.25, 0.3) is 0 Å². The number of hydrogen-bond donors (Lipinski definition) is 2. The minimum absolute atomic E-state index is 0.0486. The van der Waals surface area contributed by atoms with Crippen LogP contribution < -0.4 is 10.5 Å². The predicted molar refractivity (Wildman–Crippen MR) is 84.8 cm³/mol. The van der Waals surface area contributed by atoms with E-state index in [0.717, 1.165) is 6.26 Å². The SMILES string of the molecule is CS(=O)(=O)c1cccc(Oc2ccc(C(=N)N)c(Br)c2)c1. The van der Waals surface area contributed by atoms with E-state index in [2.05, 4.69) is 15.9 Å². The summed E-state index contributed by atoms with van der Waals surface area (Å²) < 4.78 is 29.3. The van der Waals surface area contributed by atoms with Crippen molar-refractivity contribution >= 4 is 31.6 Å². The largest absolute Gasteiger partial charge is 0.457 e. The molecule has 2 aromatic carbocycles. The molecular weight excluding hydrogens is 356 g/mol. The van der Waals surface area contributed by atoms with E-state index in [0.29, 0.717) is 21.5 Å². The molecule has 0 heterocycles. The summed E-state index contributed by atoms with van der Waals surface area (Å²) in [6.07, 6.45) is 1.14. The Morgan fingerprint density at radius 1 is 1.19 bits per heavy atom. The van der Waals surface area contributed by atoms with Crippen LogP contribution in [-0.2, 0) is 9.84 Å². The maximum Gasteiger partial charge on any atom is 0.175 e. The van der Waals surface area contributed by atoms with Crippen molar-refractivity contribution in [1.82, 2.24) is 0 Å². The van der Waals surface area contributed by atoms with E-state index in [-0.39, 0.29) is 10.7 Å². The fourth-order valence-electron chi connectivity index (χ4n) is 1.68. The zero-order valence-corrected chi connectivity index (χ0v) is 13.5. The molecule has 0 aliphatic rings. The smallest absolute Gasteiger partial charge is 0.175 e. The highest BCUT2D eigenvalue weighted by molar-refractivity contribution is 9.10. The topological polar surface area (TPSA) is 93.2 Å². The summed E-state index contributed by atoms with van der Waals surface area (Å²) in [6.45, 7) is 0.